The van der Waals surface area contributed by atoms with Gasteiger partial charge in [-0.15, -0.1) is 11.8 Å². The van der Waals surface area contributed by atoms with Crippen LogP contribution in [-0.2, 0) is 14.8 Å². The predicted octanol–water partition coefficient (Wildman–Crippen LogP) is 4.81. The Morgan fingerprint density at radius 3 is 2.23 bits per heavy atom. The van der Waals surface area contributed by atoms with E-state index in [4.69, 9.17) is 9.47 Å². The molecular formula is C26H30N2O5S2. The summed E-state index contributed by atoms with van der Waals surface area (Å²) in [6, 6.07) is 18.5. The molecule has 1 N–H and O–H groups in total. The van der Waals surface area contributed by atoms with Gasteiger partial charge in [-0.3, -0.25) is 9.10 Å². The maximum Gasteiger partial charge on any atom is 0.264 e. The van der Waals surface area contributed by atoms with E-state index in [0.29, 0.717) is 17.2 Å². The molecule has 7 nitrogen and oxygen atoms in total. The SMILES string of the molecule is COc1ccc(OC)c([C@@H](C)NC(=O)CN(c2ccc(C)cc2)S(=O)(=O)c2ccc(SC)cc2)c1. The Kier molecular flexibility index (Phi) is 8.69. The lowest BCUT2D eigenvalue weighted by molar-refractivity contribution is -0.120. The topological polar surface area (TPSA) is 84.9 Å². The molecule has 1 amide bonds. The standard InChI is InChI=1S/C26H30N2O5S2/c1-18-6-8-20(9-7-18)28(35(30,31)23-13-11-22(34-5)12-14-23)17-26(29)27-19(2)24-16-21(32-3)10-15-25(24)33-4/h6-16,19H,17H2,1-5H3,(H,27,29)/t19-/m1/s1. The Labute approximate surface area is 211 Å². The third kappa shape index (κ3) is 6.29. The van der Waals surface area contributed by atoms with Gasteiger partial charge in [0.15, 0.2) is 0 Å². The van der Waals surface area contributed by atoms with Crippen LogP contribution in [0.2, 0.25) is 0 Å². The summed E-state index contributed by atoms with van der Waals surface area (Å²) in [5.41, 5.74) is 2.11. The summed E-state index contributed by atoms with van der Waals surface area (Å²) in [4.78, 5) is 14.2. The van der Waals surface area contributed by atoms with Gasteiger partial charge in [-0.2, -0.15) is 0 Å². The zero-order chi connectivity index (χ0) is 25.6. The Morgan fingerprint density at radius 2 is 1.66 bits per heavy atom. The summed E-state index contributed by atoms with van der Waals surface area (Å²) in [5, 5.41) is 2.89. The molecular weight excluding hydrogens is 484 g/mol. The maximum atomic E-state index is 13.6. The molecule has 0 aliphatic rings. The Hall–Kier alpha value is -3.17. The van der Waals surface area contributed by atoms with Gasteiger partial charge < -0.3 is 14.8 Å². The molecule has 35 heavy (non-hydrogen) atoms. The predicted molar refractivity (Wildman–Crippen MR) is 140 cm³/mol. The van der Waals surface area contributed by atoms with Crippen LogP contribution in [0.25, 0.3) is 0 Å². The fourth-order valence-corrected chi connectivity index (χ4v) is 5.40. The molecule has 0 bridgehead atoms. The highest BCUT2D eigenvalue weighted by Gasteiger charge is 2.28. The number of sulfonamides is 1. The maximum absolute atomic E-state index is 13.6. The van der Waals surface area contributed by atoms with Crippen molar-refractivity contribution in [2.75, 3.05) is 31.3 Å². The number of thioether (sulfide) groups is 1. The first-order valence-corrected chi connectivity index (χ1v) is 13.6. The van der Waals surface area contributed by atoms with Gasteiger partial charge in [-0.1, -0.05) is 17.7 Å². The normalized spacial score (nSPS) is 12.0. The number of anilines is 1. The molecule has 9 heteroatoms. The van der Waals surface area contributed by atoms with Crippen molar-refractivity contribution in [1.29, 1.82) is 0 Å². The Balaban J connectivity index is 1.90. The summed E-state index contributed by atoms with van der Waals surface area (Å²) >= 11 is 1.52. The third-order valence-corrected chi connectivity index (χ3v) is 8.07. The molecule has 0 spiro atoms. The van der Waals surface area contributed by atoms with Crippen molar-refractivity contribution in [3.8, 4) is 11.5 Å². The van der Waals surface area contributed by atoms with E-state index in [9.17, 15) is 13.2 Å². The van der Waals surface area contributed by atoms with Gasteiger partial charge in [0, 0.05) is 10.5 Å². The zero-order valence-electron chi connectivity index (χ0n) is 20.4. The second kappa shape index (κ2) is 11.5. The molecule has 3 aromatic rings. The van der Waals surface area contributed by atoms with Gasteiger partial charge in [-0.25, -0.2) is 8.42 Å². The minimum atomic E-state index is -3.99. The minimum absolute atomic E-state index is 0.117. The van der Waals surface area contributed by atoms with E-state index in [1.54, 1.807) is 75.7 Å². The minimum Gasteiger partial charge on any atom is -0.497 e. The lowest BCUT2D eigenvalue weighted by Gasteiger charge is -2.25. The van der Waals surface area contributed by atoms with Gasteiger partial charge >= 0.3 is 0 Å². The first kappa shape index (κ1) is 26.4. The second-order valence-electron chi connectivity index (χ2n) is 7.92. The summed E-state index contributed by atoms with van der Waals surface area (Å²) < 4.78 is 39.0. The molecule has 3 aromatic carbocycles. The lowest BCUT2D eigenvalue weighted by Crippen LogP contribution is -2.41. The average molecular weight is 515 g/mol. The zero-order valence-corrected chi connectivity index (χ0v) is 22.1. The number of amides is 1. The number of aryl methyl sites for hydroxylation is 1. The quantitative estimate of drug-likeness (QED) is 0.391. The molecule has 186 valence electrons. The van der Waals surface area contributed by atoms with Gasteiger partial charge in [-0.05, 0) is 74.7 Å². The van der Waals surface area contributed by atoms with Crippen LogP contribution in [0.4, 0.5) is 5.69 Å². The fourth-order valence-electron chi connectivity index (χ4n) is 3.57. The van der Waals surface area contributed by atoms with E-state index >= 15 is 0 Å². The van der Waals surface area contributed by atoms with Crippen LogP contribution in [-0.4, -0.2) is 41.3 Å². The van der Waals surface area contributed by atoms with Crippen molar-refractivity contribution in [2.45, 2.75) is 29.7 Å². The molecule has 0 radical (unpaired) electrons. The first-order chi connectivity index (χ1) is 16.7. The van der Waals surface area contributed by atoms with Crippen molar-refractivity contribution < 1.29 is 22.7 Å². The average Bonchev–Trinajstić information content (AvgIpc) is 2.87. The van der Waals surface area contributed by atoms with Crippen LogP contribution in [0.1, 0.15) is 24.1 Å². The molecule has 0 fully saturated rings. The lowest BCUT2D eigenvalue weighted by atomic mass is 10.1. The Morgan fingerprint density at radius 1 is 1.00 bits per heavy atom. The van der Waals surface area contributed by atoms with Crippen LogP contribution in [0.3, 0.4) is 0 Å². The molecule has 0 unspecified atom stereocenters. The van der Waals surface area contributed by atoms with Crippen LogP contribution in [0, 0.1) is 6.92 Å². The molecule has 3 rings (SSSR count). The van der Waals surface area contributed by atoms with Crippen LogP contribution < -0.4 is 19.1 Å². The number of methoxy groups -OCH3 is 2. The number of carbonyl (C=O) groups excluding carboxylic acids is 1. The molecule has 0 saturated carbocycles. The summed E-state index contributed by atoms with van der Waals surface area (Å²) in [7, 11) is -0.883. The van der Waals surface area contributed by atoms with E-state index in [2.05, 4.69) is 5.32 Å². The largest absolute Gasteiger partial charge is 0.497 e. The van der Waals surface area contributed by atoms with Crippen molar-refractivity contribution in [3.63, 3.8) is 0 Å². The van der Waals surface area contributed by atoms with E-state index < -0.39 is 22.0 Å². The number of ether oxygens (including phenoxy) is 2. The van der Waals surface area contributed by atoms with Crippen molar-refractivity contribution >= 4 is 33.4 Å². The summed E-state index contributed by atoms with van der Waals surface area (Å²) in [6.07, 6.45) is 1.92. The fraction of sp³-hybridized carbons (Fsp3) is 0.269. The van der Waals surface area contributed by atoms with Crippen LogP contribution in [0.15, 0.2) is 76.5 Å². The van der Waals surface area contributed by atoms with Crippen LogP contribution in [0.5, 0.6) is 11.5 Å². The molecule has 0 aromatic heterocycles. The monoisotopic (exact) mass is 514 g/mol. The number of benzene rings is 3. The van der Waals surface area contributed by atoms with Gasteiger partial charge in [0.1, 0.15) is 18.0 Å². The van der Waals surface area contributed by atoms with Crippen LogP contribution >= 0.6 is 11.8 Å². The highest BCUT2D eigenvalue weighted by molar-refractivity contribution is 7.98. The van der Waals surface area contributed by atoms with Gasteiger partial charge in [0.25, 0.3) is 10.0 Å². The van der Waals surface area contributed by atoms with E-state index in [1.165, 1.54) is 11.8 Å². The number of hydrogen-bond acceptors (Lipinski definition) is 6. The smallest absolute Gasteiger partial charge is 0.264 e. The summed E-state index contributed by atoms with van der Waals surface area (Å²) in [6.45, 7) is 3.34. The number of rotatable bonds is 10. The first-order valence-electron chi connectivity index (χ1n) is 10.9. The molecule has 0 saturated heterocycles. The number of nitrogens with zero attached hydrogens (tertiary/aromatic N) is 1. The number of nitrogens with one attached hydrogen (secondary N) is 1. The number of carbonyl (C=O) groups is 1. The molecule has 0 aliphatic carbocycles. The van der Waals surface area contributed by atoms with E-state index in [0.717, 1.165) is 20.3 Å². The van der Waals surface area contributed by atoms with E-state index in [1.807, 2.05) is 25.3 Å². The van der Waals surface area contributed by atoms with Crippen molar-refractivity contribution in [2.24, 2.45) is 0 Å². The molecule has 0 heterocycles. The van der Waals surface area contributed by atoms with Gasteiger partial charge in [0.2, 0.25) is 5.91 Å². The molecule has 1 atom stereocenters. The Bertz CT molecular complexity index is 1260. The highest BCUT2D eigenvalue weighted by atomic mass is 32.2. The van der Waals surface area contributed by atoms with Crippen molar-refractivity contribution in [1.82, 2.24) is 5.32 Å². The highest BCUT2D eigenvalue weighted by Crippen LogP contribution is 2.30. The summed E-state index contributed by atoms with van der Waals surface area (Å²) in [5.74, 6) is 0.766. The van der Waals surface area contributed by atoms with E-state index in [-0.39, 0.29) is 11.4 Å². The molecule has 0 aliphatic heterocycles. The van der Waals surface area contributed by atoms with Gasteiger partial charge in [0.05, 0.1) is 30.8 Å². The third-order valence-electron chi connectivity index (χ3n) is 5.54. The van der Waals surface area contributed by atoms with Crippen molar-refractivity contribution in [3.05, 3.63) is 77.9 Å². The number of hydrogen-bond donors (Lipinski definition) is 1. The second-order valence-corrected chi connectivity index (χ2v) is 10.7.